The number of amides is 2. The minimum atomic E-state index is -0.540. The third-order valence-electron chi connectivity index (χ3n) is 2.64. The second-order valence-corrected chi connectivity index (χ2v) is 3.96. The van der Waals surface area contributed by atoms with Crippen molar-refractivity contribution in [1.82, 2.24) is 20.4 Å². The molecule has 1 heterocycles. The van der Waals surface area contributed by atoms with E-state index in [1.165, 1.54) is 6.20 Å². The Morgan fingerprint density at radius 1 is 1.59 bits per heavy atom. The van der Waals surface area contributed by atoms with Crippen LogP contribution in [0.15, 0.2) is 6.20 Å². The predicted octanol–water partition coefficient (Wildman–Crippen LogP) is 0.315. The van der Waals surface area contributed by atoms with E-state index in [1.807, 2.05) is 6.92 Å². The summed E-state index contributed by atoms with van der Waals surface area (Å²) in [7, 11) is 1.70. The molecular weight excluding hydrogens is 220 g/mol. The van der Waals surface area contributed by atoms with E-state index >= 15 is 0 Å². The van der Waals surface area contributed by atoms with Gasteiger partial charge in [0.05, 0.1) is 11.8 Å². The molecule has 0 aliphatic rings. The molecule has 0 fully saturated rings. The number of hydrogen-bond donors (Lipinski definition) is 2. The zero-order valence-corrected chi connectivity index (χ0v) is 10.6. The summed E-state index contributed by atoms with van der Waals surface area (Å²) < 4.78 is 0. The number of likely N-dealkylation sites (N-methyl/N-ethyl adjacent to an activating group) is 1. The first-order valence-electron chi connectivity index (χ1n) is 5.53. The molecule has 0 radical (unpaired) electrons. The Balaban J connectivity index is 2.64. The van der Waals surface area contributed by atoms with E-state index in [4.69, 9.17) is 0 Å². The van der Waals surface area contributed by atoms with Gasteiger partial charge in [0.2, 0.25) is 5.91 Å². The number of H-pyrrole nitrogens is 1. The molecule has 6 heteroatoms. The Morgan fingerprint density at radius 2 is 2.24 bits per heavy atom. The summed E-state index contributed by atoms with van der Waals surface area (Å²) in [4.78, 5) is 25.1. The largest absolute Gasteiger partial charge is 0.344 e. The monoisotopic (exact) mass is 238 g/mol. The quantitative estimate of drug-likeness (QED) is 0.792. The molecular formula is C11H18N4O2. The normalized spacial score (nSPS) is 12.0. The molecule has 0 spiro atoms. The molecule has 1 unspecified atom stereocenters. The van der Waals surface area contributed by atoms with Gasteiger partial charge in [0.25, 0.3) is 5.91 Å². The molecule has 0 aliphatic heterocycles. The van der Waals surface area contributed by atoms with Crippen molar-refractivity contribution in [3.8, 4) is 0 Å². The van der Waals surface area contributed by atoms with Crippen LogP contribution in [0.25, 0.3) is 0 Å². The summed E-state index contributed by atoms with van der Waals surface area (Å²) in [5.41, 5.74) is 1.15. The highest BCUT2D eigenvalue weighted by molar-refractivity contribution is 5.97. The number of aromatic amines is 1. The van der Waals surface area contributed by atoms with Gasteiger partial charge in [-0.2, -0.15) is 5.10 Å². The number of hydrogen-bond acceptors (Lipinski definition) is 3. The maximum Gasteiger partial charge on any atom is 0.255 e. The predicted molar refractivity (Wildman–Crippen MR) is 63.6 cm³/mol. The molecule has 2 N–H and O–H groups in total. The van der Waals surface area contributed by atoms with Crippen LogP contribution in [0, 0.1) is 6.92 Å². The van der Waals surface area contributed by atoms with Crippen LogP contribution in [0.5, 0.6) is 0 Å². The molecule has 1 aromatic heterocycles. The summed E-state index contributed by atoms with van der Waals surface area (Å²) in [5, 5.41) is 9.09. The van der Waals surface area contributed by atoms with E-state index in [1.54, 1.807) is 25.8 Å². The molecule has 0 bridgehead atoms. The average Bonchev–Trinajstić information content (AvgIpc) is 2.73. The SMILES string of the molecule is CCN(C)C(=O)C(C)NC(=O)c1cn[nH]c1C. The number of rotatable bonds is 4. The summed E-state index contributed by atoms with van der Waals surface area (Å²) in [6, 6.07) is -0.540. The molecule has 94 valence electrons. The van der Waals surface area contributed by atoms with Crippen molar-refractivity contribution in [3.63, 3.8) is 0 Å². The van der Waals surface area contributed by atoms with E-state index in [0.717, 1.165) is 0 Å². The van der Waals surface area contributed by atoms with Gasteiger partial charge < -0.3 is 10.2 Å². The Labute approximate surface area is 100 Å². The van der Waals surface area contributed by atoms with Gasteiger partial charge in [-0.1, -0.05) is 0 Å². The third-order valence-corrected chi connectivity index (χ3v) is 2.64. The zero-order valence-electron chi connectivity index (χ0n) is 10.6. The van der Waals surface area contributed by atoms with Gasteiger partial charge in [0.15, 0.2) is 0 Å². The van der Waals surface area contributed by atoms with Gasteiger partial charge in [-0.25, -0.2) is 0 Å². The number of carbonyl (C=O) groups excluding carboxylic acids is 2. The lowest BCUT2D eigenvalue weighted by Crippen LogP contribution is -2.45. The van der Waals surface area contributed by atoms with E-state index in [9.17, 15) is 9.59 Å². The molecule has 6 nitrogen and oxygen atoms in total. The number of nitrogens with zero attached hydrogens (tertiary/aromatic N) is 2. The standard InChI is InChI=1S/C11H18N4O2/c1-5-15(4)11(17)8(3)13-10(16)9-6-12-14-7(9)2/h6,8H,5H2,1-4H3,(H,12,14)(H,13,16). The molecule has 17 heavy (non-hydrogen) atoms. The van der Waals surface area contributed by atoms with Crippen LogP contribution in [0.1, 0.15) is 29.9 Å². The lowest BCUT2D eigenvalue weighted by molar-refractivity contribution is -0.131. The second kappa shape index (κ2) is 5.47. The number of carbonyl (C=O) groups is 2. The van der Waals surface area contributed by atoms with E-state index in [-0.39, 0.29) is 11.8 Å². The summed E-state index contributed by atoms with van der Waals surface area (Å²) in [6.07, 6.45) is 1.45. The van der Waals surface area contributed by atoms with Gasteiger partial charge in [0, 0.05) is 19.3 Å². The van der Waals surface area contributed by atoms with Crippen molar-refractivity contribution >= 4 is 11.8 Å². The highest BCUT2D eigenvalue weighted by atomic mass is 16.2. The molecule has 0 aromatic carbocycles. The molecule has 1 aromatic rings. The van der Waals surface area contributed by atoms with Crippen LogP contribution < -0.4 is 5.32 Å². The first-order chi connectivity index (χ1) is 7.97. The van der Waals surface area contributed by atoms with Crippen molar-refractivity contribution < 1.29 is 9.59 Å². The van der Waals surface area contributed by atoms with Crippen molar-refractivity contribution in [1.29, 1.82) is 0 Å². The lowest BCUT2D eigenvalue weighted by atomic mass is 10.2. The Morgan fingerprint density at radius 3 is 2.71 bits per heavy atom. The van der Waals surface area contributed by atoms with Crippen LogP contribution in [0.4, 0.5) is 0 Å². The third kappa shape index (κ3) is 3.05. The first-order valence-corrected chi connectivity index (χ1v) is 5.53. The number of aromatic nitrogens is 2. The van der Waals surface area contributed by atoms with Crippen molar-refractivity contribution in [2.45, 2.75) is 26.8 Å². The zero-order chi connectivity index (χ0) is 13.0. The fourth-order valence-corrected chi connectivity index (χ4v) is 1.40. The number of aryl methyl sites for hydroxylation is 1. The van der Waals surface area contributed by atoms with Gasteiger partial charge in [-0.3, -0.25) is 14.7 Å². The molecule has 1 atom stereocenters. The molecule has 0 saturated carbocycles. The maximum absolute atomic E-state index is 11.8. The Hall–Kier alpha value is -1.85. The fourth-order valence-electron chi connectivity index (χ4n) is 1.40. The van der Waals surface area contributed by atoms with Crippen LogP contribution in [-0.4, -0.2) is 46.5 Å². The smallest absolute Gasteiger partial charge is 0.255 e. The van der Waals surface area contributed by atoms with Crippen LogP contribution >= 0.6 is 0 Å². The summed E-state index contributed by atoms with van der Waals surface area (Å²) in [5.74, 6) is -0.399. The Bertz CT molecular complexity index is 413. The van der Waals surface area contributed by atoms with Crippen LogP contribution in [-0.2, 0) is 4.79 Å². The number of nitrogens with one attached hydrogen (secondary N) is 2. The molecule has 0 saturated heterocycles. The van der Waals surface area contributed by atoms with Gasteiger partial charge in [-0.05, 0) is 20.8 Å². The molecule has 2 amide bonds. The maximum atomic E-state index is 11.8. The van der Waals surface area contributed by atoms with Crippen molar-refractivity contribution in [2.75, 3.05) is 13.6 Å². The minimum absolute atomic E-state index is 0.109. The Kier molecular flexibility index (Phi) is 4.25. The van der Waals surface area contributed by atoms with E-state index in [0.29, 0.717) is 17.8 Å². The highest BCUT2D eigenvalue weighted by Crippen LogP contribution is 2.03. The minimum Gasteiger partial charge on any atom is -0.344 e. The van der Waals surface area contributed by atoms with E-state index in [2.05, 4.69) is 15.5 Å². The van der Waals surface area contributed by atoms with Crippen molar-refractivity contribution in [3.05, 3.63) is 17.5 Å². The highest BCUT2D eigenvalue weighted by Gasteiger charge is 2.20. The summed E-state index contributed by atoms with van der Waals surface area (Å²) >= 11 is 0. The topological polar surface area (TPSA) is 78.1 Å². The average molecular weight is 238 g/mol. The lowest BCUT2D eigenvalue weighted by Gasteiger charge is -2.20. The van der Waals surface area contributed by atoms with Crippen LogP contribution in [0.3, 0.4) is 0 Å². The van der Waals surface area contributed by atoms with Gasteiger partial charge >= 0.3 is 0 Å². The summed E-state index contributed by atoms with van der Waals surface area (Å²) in [6.45, 7) is 5.92. The van der Waals surface area contributed by atoms with Gasteiger partial charge in [0.1, 0.15) is 6.04 Å². The van der Waals surface area contributed by atoms with Gasteiger partial charge in [-0.15, -0.1) is 0 Å². The second-order valence-electron chi connectivity index (χ2n) is 3.96. The molecule has 1 rings (SSSR count). The molecule has 0 aliphatic carbocycles. The van der Waals surface area contributed by atoms with Crippen LogP contribution in [0.2, 0.25) is 0 Å². The van der Waals surface area contributed by atoms with E-state index < -0.39 is 6.04 Å². The first kappa shape index (κ1) is 13.2. The fraction of sp³-hybridized carbons (Fsp3) is 0.545. The van der Waals surface area contributed by atoms with Crippen molar-refractivity contribution in [2.24, 2.45) is 0 Å².